The zero-order valence-electron chi connectivity index (χ0n) is 15.7. The number of rotatable bonds is 3. The molecule has 4 unspecified atom stereocenters. The highest BCUT2D eigenvalue weighted by Crippen LogP contribution is 2.29. The maximum absolute atomic E-state index is 13.3. The van der Waals surface area contributed by atoms with Crippen LogP contribution in [0.1, 0.15) is 25.7 Å². The van der Waals surface area contributed by atoms with Crippen LogP contribution >= 0.6 is 11.6 Å². The van der Waals surface area contributed by atoms with Crippen LogP contribution in [0.5, 0.6) is 0 Å². The van der Waals surface area contributed by atoms with Crippen molar-refractivity contribution in [1.29, 1.82) is 0 Å². The van der Waals surface area contributed by atoms with Gasteiger partial charge >= 0.3 is 0 Å². The van der Waals surface area contributed by atoms with Crippen LogP contribution in [0.2, 0.25) is 5.02 Å². The Hall–Kier alpha value is -2.23. The maximum Gasteiger partial charge on any atom is 0.229 e. The molecule has 4 rings (SSSR count). The number of halogens is 2. The van der Waals surface area contributed by atoms with Crippen molar-refractivity contribution in [3.05, 3.63) is 29.0 Å². The molecule has 0 bridgehead atoms. The molecule has 3 amide bonds. The number of carbonyl (C=O) groups is 3. The van der Waals surface area contributed by atoms with Gasteiger partial charge in [-0.25, -0.2) is 4.39 Å². The normalized spacial score (nSPS) is 30.1. The summed E-state index contributed by atoms with van der Waals surface area (Å²) >= 11 is 5.76. The molecule has 3 aliphatic rings. The Labute approximate surface area is 172 Å². The van der Waals surface area contributed by atoms with E-state index in [1.54, 1.807) is 0 Å². The van der Waals surface area contributed by atoms with Gasteiger partial charge in [-0.2, -0.15) is 0 Å². The molecular weight excluding hydrogens is 401 g/mol. The summed E-state index contributed by atoms with van der Waals surface area (Å²) in [5.41, 5.74) is 0.305. The fourth-order valence-corrected chi connectivity index (χ4v) is 4.42. The summed E-state index contributed by atoms with van der Waals surface area (Å²) in [4.78, 5) is 40.1. The molecule has 0 spiro atoms. The number of carbonyl (C=O) groups excluding carboxylic acids is 3. The third-order valence-corrected chi connectivity index (χ3v) is 6.00. The predicted octanol–water partition coefficient (Wildman–Crippen LogP) is 0.985. The van der Waals surface area contributed by atoms with Crippen molar-refractivity contribution in [2.45, 2.75) is 38.1 Å². The monoisotopic (exact) mass is 423 g/mol. The van der Waals surface area contributed by atoms with Crippen LogP contribution in [-0.2, 0) is 14.4 Å². The number of likely N-dealkylation sites (tertiary alicyclic amines) is 1. The number of hydrogen-bond donors (Lipinski definition) is 4. The quantitative estimate of drug-likeness (QED) is 0.580. The second-order valence-corrected chi connectivity index (χ2v) is 8.08. The van der Waals surface area contributed by atoms with Gasteiger partial charge in [0.2, 0.25) is 17.7 Å². The molecule has 4 atom stereocenters. The van der Waals surface area contributed by atoms with E-state index in [-0.39, 0.29) is 29.5 Å². The van der Waals surface area contributed by atoms with Gasteiger partial charge in [0, 0.05) is 25.2 Å². The summed E-state index contributed by atoms with van der Waals surface area (Å²) in [5.74, 6) is -3.26. The van der Waals surface area contributed by atoms with Crippen LogP contribution in [0, 0.1) is 17.7 Å². The summed E-state index contributed by atoms with van der Waals surface area (Å²) in [6.45, 7) is 1.72. The summed E-state index contributed by atoms with van der Waals surface area (Å²) < 4.78 is 13.3. The number of nitrogens with one attached hydrogen (secondary N) is 4. The first kappa shape index (κ1) is 20.1. The fraction of sp³-hybridized carbons (Fsp3) is 0.526. The maximum atomic E-state index is 13.3. The third kappa shape index (κ3) is 4.22. The largest absolute Gasteiger partial charge is 0.340 e. The molecule has 4 N–H and O–H groups in total. The zero-order valence-corrected chi connectivity index (χ0v) is 16.5. The van der Waals surface area contributed by atoms with Crippen molar-refractivity contribution in [3.8, 4) is 0 Å². The molecule has 29 heavy (non-hydrogen) atoms. The van der Waals surface area contributed by atoms with E-state index in [0.717, 1.165) is 38.4 Å². The lowest BCUT2D eigenvalue weighted by Gasteiger charge is -2.46. The Morgan fingerprint density at radius 2 is 1.93 bits per heavy atom. The van der Waals surface area contributed by atoms with Crippen LogP contribution in [0.3, 0.4) is 0 Å². The summed E-state index contributed by atoms with van der Waals surface area (Å²) in [5, 5.41) is 11.5. The van der Waals surface area contributed by atoms with E-state index >= 15 is 0 Å². The first-order valence-electron chi connectivity index (χ1n) is 9.78. The average Bonchev–Trinajstić information content (AvgIpc) is 2.70. The fourth-order valence-electron chi connectivity index (χ4n) is 4.24. The number of hydrogen-bond acceptors (Lipinski definition) is 5. The lowest BCUT2D eigenvalue weighted by Crippen LogP contribution is -2.74. The Balaban J connectivity index is 1.49. The van der Waals surface area contributed by atoms with Crippen molar-refractivity contribution in [1.82, 2.24) is 20.9 Å². The summed E-state index contributed by atoms with van der Waals surface area (Å²) in [6, 6.07) is 3.82. The van der Waals surface area contributed by atoms with E-state index in [9.17, 15) is 18.8 Å². The second kappa shape index (κ2) is 8.25. The molecule has 1 aromatic rings. The molecule has 3 fully saturated rings. The minimum Gasteiger partial charge on any atom is -0.340 e. The van der Waals surface area contributed by atoms with E-state index in [1.807, 2.05) is 0 Å². The van der Waals surface area contributed by atoms with E-state index < -0.39 is 29.7 Å². The second-order valence-electron chi connectivity index (χ2n) is 7.67. The molecule has 3 heterocycles. The first-order chi connectivity index (χ1) is 13.9. The molecule has 3 aliphatic heterocycles. The van der Waals surface area contributed by atoms with Gasteiger partial charge in [0.15, 0.2) is 0 Å². The van der Waals surface area contributed by atoms with E-state index in [4.69, 9.17) is 11.6 Å². The number of amides is 3. The minimum atomic E-state index is -0.854. The van der Waals surface area contributed by atoms with Crippen LogP contribution in [-0.4, -0.2) is 48.2 Å². The Morgan fingerprint density at radius 1 is 1.17 bits per heavy atom. The molecule has 1 aromatic carbocycles. The first-order valence-corrected chi connectivity index (χ1v) is 10.2. The van der Waals surface area contributed by atoms with Crippen molar-refractivity contribution in [2.24, 2.45) is 11.8 Å². The highest BCUT2D eigenvalue weighted by Gasteiger charge is 2.49. The minimum absolute atomic E-state index is 0.106. The van der Waals surface area contributed by atoms with Crippen LogP contribution in [0.15, 0.2) is 18.2 Å². The Bertz CT molecular complexity index is 832. The molecule has 0 aliphatic carbocycles. The summed E-state index contributed by atoms with van der Waals surface area (Å²) in [7, 11) is 0. The summed E-state index contributed by atoms with van der Waals surface area (Å²) in [6.07, 6.45) is 2.16. The number of piperidine rings is 2. The van der Waals surface area contributed by atoms with Gasteiger partial charge in [-0.15, -0.1) is 0 Å². The van der Waals surface area contributed by atoms with Crippen molar-refractivity contribution in [3.63, 3.8) is 0 Å². The smallest absolute Gasteiger partial charge is 0.229 e. The topological polar surface area (TPSA) is 103 Å². The van der Waals surface area contributed by atoms with Gasteiger partial charge in [-0.1, -0.05) is 18.0 Å². The number of nitrogens with zero attached hydrogens (tertiary/aromatic N) is 1. The van der Waals surface area contributed by atoms with E-state index in [1.165, 1.54) is 12.1 Å². The number of fused-ring (bicyclic) bond motifs is 1. The highest BCUT2D eigenvalue weighted by molar-refractivity contribution is 6.31. The van der Waals surface area contributed by atoms with Crippen LogP contribution in [0.25, 0.3) is 0 Å². The third-order valence-electron chi connectivity index (χ3n) is 5.71. The van der Waals surface area contributed by atoms with Crippen molar-refractivity contribution >= 4 is 35.0 Å². The molecule has 3 saturated heterocycles. The standard InChI is InChI=1S/C19H23ClFN5O3/c20-12-8-10(4-5-13(12)21)22-17(28)11-9-14(27)23-16-15(11)18(29)25-19(24-16)26-6-2-1-3-7-26/h4-5,8,11,15-16,19,24H,1-3,6-7,9H2,(H,22,28)(H,23,27)(H,25,29). The number of benzene rings is 1. The average molecular weight is 424 g/mol. The van der Waals surface area contributed by atoms with Gasteiger partial charge in [-0.05, 0) is 31.0 Å². The molecule has 0 saturated carbocycles. The predicted molar refractivity (Wildman–Crippen MR) is 104 cm³/mol. The molecule has 8 nitrogen and oxygen atoms in total. The van der Waals surface area contributed by atoms with Crippen molar-refractivity contribution < 1.29 is 18.8 Å². The number of anilines is 1. The lowest BCUT2D eigenvalue weighted by atomic mass is 9.81. The van der Waals surface area contributed by atoms with E-state index in [0.29, 0.717) is 5.69 Å². The Morgan fingerprint density at radius 3 is 2.66 bits per heavy atom. The molecular formula is C19H23ClFN5O3. The van der Waals surface area contributed by atoms with Crippen LogP contribution < -0.4 is 21.3 Å². The zero-order chi connectivity index (χ0) is 20.5. The van der Waals surface area contributed by atoms with Gasteiger partial charge in [-0.3, -0.25) is 24.6 Å². The van der Waals surface area contributed by atoms with Gasteiger partial charge in [0.05, 0.1) is 23.0 Å². The molecule has 156 valence electrons. The molecule has 10 heteroatoms. The highest BCUT2D eigenvalue weighted by atomic mass is 35.5. The van der Waals surface area contributed by atoms with Crippen molar-refractivity contribution in [2.75, 3.05) is 18.4 Å². The van der Waals surface area contributed by atoms with Gasteiger partial charge in [0.25, 0.3) is 0 Å². The molecule has 0 radical (unpaired) electrons. The SMILES string of the molecule is O=C1CC(C(=O)Nc2ccc(F)c(Cl)c2)C2C(=O)NC(N3CCCCC3)NC2N1. The Kier molecular flexibility index (Phi) is 5.71. The van der Waals surface area contributed by atoms with Gasteiger partial charge < -0.3 is 16.0 Å². The lowest BCUT2D eigenvalue weighted by molar-refractivity contribution is -0.147. The van der Waals surface area contributed by atoms with Gasteiger partial charge in [0.1, 0.15) is 12.1 Å². The van der Waals surface area contributed by atoms with E-state index in [2.05, 4.69) is 26.2 Å². The molecule has 0 aromatic heterocycles. The van der Waals surface area contributed by atoms with Crippen LogP contribution in [0.4, 0.5) is 10.1 Å².